The molecule has 2 aliphatic heterocycles. The van der Waals surface area contributed by atoms with Crippen LogP contribution in [-0.2, 0) is 11.3 Å². The number of rotatable bonds is 3. The number of nitrogens with zero attached hydrogens (tertiary/aromatic N) is 1. The first-order valence-corrected chi connectivity index (χ1v) is 6.86. The number of carboxylic acids is 1. The van der Waals surface area contributed by atoms with E-state index < -0.39 is 5.97 Å². The van der Waals surface area contributed by atoms with Crippen LogP contribution in [0.5, 0.6) is 0 Å². The molecule has 0 radical (unpaired) electrons. The molecule has 2 aliphatic rings. The van der Waals surface area contributed by atoms with Crippen LogP contribution in [-0.4, -0.2) is 28.1 Å². The van der Waals surface area contributed by atoms with Crippen LogP contribution in [0.1, 0.15) is 24.8 Å². The van der Waals surface area contributed by atoms with Crippen molar-refractivity contribution in [2.75, 3.05) is 0 Å². The van der Waals surface area contributed by atoms with Crippen LogP contribution < -0.4 is 0 Å². The third-order valence-electron chi connectivity index (χ3n) is 4.29. The molecule has 1 aromatic carbocycles. The summed E-state index contributed by atoms with van der Waals surface area (Å²) >= 11 is 5.85. The third kappa shape index (κ3) is 2.35. The summed E-state index contributed by atoms with van der Waals surface area (Å²) < 4.78 is 13.3. The predicted octanol–water partition coefficient (Wildman–Crippen LogP) is 2.92. The van der Waals surface area contributed by atoms with Crippen molar-refractivity contribution in [3.8, 4) is 0 Å². The fraction of sp³-hybridized carbons (Fsp3) is 0.500. The quantitative estimate of drug-likeness (QED) is 0.927. The molecule has 0 aliphatic carbocycles. The van der Waals surface area contributed by atoms with Gasteiger partial charge in [0.15, 0.2) is 0 Å². The highest BCUT2D eigenvalue weighted by atomic mass is 35.5. The molecule has 2 bridgehead atoms. The van der Waals surface area contributed by atoms with Crippen molar-refractivity contribution in [2.24, 2.45) is 5.92 Å². The Hall–Kier alpha value is -1.13. The van der Waals surface area contributed by atoms with E-state index in [9.17, 15) is 14.3 Å². The largest absolute Gasteiger partial charge is 0.481 e. The lowest BCUT2D eigenvalue weighted by molar-refractivity contribution is -0.142. The first kappa shape index (κ1) is 12.9. The van der Waals surface area contributed by atoms with Crippen LogP contribution in [0.4, 0.5) is 4.39 Å². The molecule has 102 valence electrons. The van der Waals surface area contributed by atoms with Gasteiger partial charge in [-0.15, -0.1) is 0 Å². The van der Waals surface area contributed by atoms with Crippen molar-refractivity contribution in [1.29, 1.82) is 0 Å². The van der Waals surface area contributed by atoms with Crippen molar-refractivity contribution < 1.29 is 14.3 Å². The summed E-state index contributed by atoms with van der Waals surface area (Å²) in [5.41, 5.74) is 0.813. The number of carbonyl (C=O) groups is 1. The maximum Gasteiger partial charge on any atom is 0.308 e. The maximum absolute atomic E-state index is 13.3. The molecule has 0 aromatic heterocycles. The van der Waals surface area contributed by atoms with Gasteiger partial charge in [-0.1, -0.05) is 11.6 Å². The van der Waals surface area contributed by atoms with E-state index in [2.05, 4.69) is 4.90 Å². The third-order valence-corrected chi connectivity index (χ3v) is 4.50. The second-order valence-electron chi connectivity index (χ2n) is 5.43. The summed E-state index contributed by atoms with van der Waals surface area (Å²) in [4.78, 5) is 13.4. The Morgan fingerprint density at radius 1 is 1.42 bits per heavy atom. The molecule has 5 heteroatoms. The van der Waals surface area contributed by atoms with Gasteiger partial charge in [-0.25, -0.2) is 4.39 Å². The van der Waals surface area contributed by atoms with Gasteiger partial charge >= 0.3 is 5.97 Å². The number of halogens is 2. The first-order chi connectivity index (χ1) is 9.04. The highest BCUT2D eigenvalue weighted by Crippen LogP contribution is 2.42. The van der Waals surface area contributed by atoms with Crippen LogP contribution in [0.25, 0.3) is 0 Å². The standard InChI is InChI=1S/C14H15ClFNO2/c15-9-3-8(4-10(16)5-9)7-17-11-1-2-13(17)12(6-11)14(18)19/h3-5,11-13H,1-2,6-7H2,(H,18,19). The van der Waals surface area contributed by atoms with E-state index in [1.165, 1.54) is 12.1 Å². The number of aliphatic carboxylic acids is 1. The number of carboxylic acid groups (broad SMARTS) is 1. The van der Waals surface area contributed by atoms with Crippen molar-refractivity contribution in [3.63, 3.8) is 0 Å². The number of benzene rings is 1. The average molecular weight is 284 g/mol. The van der Waals surface area contributed by atoms with Crippen molar-refractivity contribution in [2.45, 2.75) is 37.9 Å². The molecule has 0 amide bonds. The fourth-order valence-electron chi connectivity index (χ4n) is 3.53. The van der Waals surface area contributed by atoms with E-state index >= 15 is 0 Å². The molecule has 3 nitrogen and oxygen atoms in total. The predicted molar refractivity (Wildman–Crippen MR) is 69.5 cm³/mol. The molecular formula is C14H15ClFNO2. The van der Waals surface area contributed by atoms with E-state index in [1.807, 2.05) is 0 Å². The topological polar surface area (TPSA) is 40.5 Å². The van der Waals surface area contributed by atoms with Gasteiger partial charge in [-0.3, -0.25) is 9.69 Å². The molecule has 0 saturated carbocycles. The van der Waals surface area contributed by atoms with Gasteiger partial charge in [0.25, 0.3) is 0 Å². The first-order valence-electron chi connectivity index (χ1n) is 6.48. The van der Waals surface area contributed by atoms with Crippen molar-refractivity contribution in [3.05, 3.63) is 34.6 Å². The van der Waals surface area contributed by atoms with Crippen LogP contribution >= 0.6 is 11.6 Å². The van der Waals surface area contributed by atoms with Crippen LogP contribution in [0, 0.1) is 11.7 Å². The lowest BCUT2D eigenvalue weighted by Crippen LogP contribution is -2.32. The number of hydrogen-bond donors (Lipinski definition) is 1. The summed E-state index contributed by atoms with van der Waals surface area (Å²) in [5.74, 6) is -1.33. The van der Waals surface area contributed by atoms with Crippen molar-refractivity contribution in [1.82, 2.24) is 4.90 Å². The Morgan fingerprint density at radius 2 is 2.21 bits per heavy atom. The summed E-state index contributed by atoms with van der Waals surface area (Å²) in [5, 5.41) is 9.59. The van der Waals surface area contributed by atoms with E-state index in [0.29, 0.717) is 24.0 Å². The smallest absolute Gasteiger partial charge is 0.308 e. The molecule has 0 spiro atoms. The molecule has 1 N–H and O–H groups in total. The minimum absolute atomic E-state index is 0.0875. The molecule has 3 unspecified atom stereocenters. The Kier molecular flexibility index (Phi) is 3.23. The Morgan fingerprint density at radius 3 is 2.84 bits per heavy atom. The monoisotopic (exact) mass is 283 g/mol. The molecule has 1 aromatic rings. The lowest BCUT2D eigenvalue weighted by atomic mass is 9.89. The molecule has 19 heavy (non-hydrogen) atoms. The second kappa shape index (κ2) is 4.76. The summed E-state index contributed by atoms with van der Waals surface area (Å²) in [6.45, 7) is 0.580. The zero-order valence-corrected chi connectivity index (χ0v) is 11.1. The minimum atomic E-state index is -0.713. The summed E-state index contributed by atoms with van der Waals surface area (Å²) in [7, 11) is 0. The zero-order chi connectivity index (χ0) is 13.6. The van der Waals surface area contributed by atoms with E-state index in [-0.39, 0.29) is 17.8 Å². The summed E-state index contributed by atoms with van der Waals surface area (Å²) in [6, 6.07) is 4.90. The maximum atomic E-state index is 13.3. The Labute approximate surface area is 116 Å². The Balaban J connectivity index is 1.79. The Bertz CT molecular complexity index is 502. The van der Waals surface area contributed by atoms with Crippen LogP contribution in [0.3, 0.4) is 0 Å². The van der Waals surface area contributed by atoms with Gasteiger partial charge in [0.05, 0.1) is 5.92 Å². The van der Waals surface area contributed by atoms with Gasteiger partial charge in [-0.2, -0.15) is 0 Å². The number of hydrogen-bond acceptors (Lipinski definition) is 2. The van der Waals surface area contributed by atoms with Crippen LogP contribution in [0.15, 0.2) is 18.2 Å². The lowest BCUT2D eigenvalue weighted by Gasteiger charge is -2.22. The van der Waals surface area contributed by atoms with Gasteiger partial charge in [0.1, 0.15) is 5.82 Å². The molecule has 3 rings (SSSR count). The van der Waals surface area contributed by atoms with Gasteiger partial charge in [0, 0.05) is 23.7 Å². The molecule has 2 saturated heterocycles. The van der Waals surface area contributed by atoms with Gasteiger partial charge in [-0.05, 0) is 43.0 Å². The van der Waals surface area contributed by atoms with E-state index in [0.717, 1.165) is 18.4 Å². The molecular weight excluding hydrogens is 269 g/mol. The van der Waals surface area contributed by atoms with Gasteiger partial charge in [0.2, 0.25) is 0 Å². The summed E-state index contributed by atoms with van der Waals surface area (Å²) in [6.07, 6.45) is 2.67. The van der Waals surface area contributed by atoms with E-state index in [1.54, 1.807) is 6.07 Å². The minimum Gasteiger partial charge on any atom is -0.481 e. The zero-order valence-electron chi connectivity index (χ0n) is 10.4. The highest BCUT2D eigenvalue weighted by Gasteiger charge is 2.48. The van der Waals surface area contributed by atoms with Crippen LogP contribution in [0.2, 0.25) is 5.02 Å². The second-order valence-corrected chi connectivity index (χ2v) is 5.87. The SMILES string of the molecule is O=C(O)C1CC2CCC1N2Cc1cc(F)cc(Cl)c1. The number of fused-ring (bicyclic) bond motifs is 2. The van der Waals surface area contributed by atoms with E-state index in [4.69, 9.17) is 11.6 Å². The molecule has 3 atom stereocenters. The average Bonchev–Trinajstić information content (AvgIpc) is 2.85. The van der Waals surface area contributed by atoms with Crippen molar-refractivity contribution >= 4 is 17.6 Å². The molecule has 2 fully saturated rings. The highest BCUT2D eigenvalue weighted by molar-refractivity contribution is 6.30. The molecule has 2 heterocycles. The fourth-order valence-corrected chi connectivity index (χ4v) is 3.77. The normalized spacial score (nSPS) is 29.9. The van der Waals surface area contributed by atoms with Gasteiger partial charge < -0.3 is 5.11 Å².